The first-order chi connectivity index (χ1) is 9.65. The Bertz CT molecular complexity index is 571. The van der Waals surface area contributed by atoms with E-state index in [0.717, 1.165) is 13.0 Å². The van der Waals surface area contributed by atoms with E-state index in [1.165, 1.54) is 25.6 Å². The second-order valence-corrected chi connectivity index (χ2v) is 4.51. The zero-order chi connectivity index (χ0) is 14.5. The lowest BCUT2D eigenvalue weighted by atomic mass is 10.1. The number of ether oxygens (including phenoxy) is 1. The number of aryl methyl sites for hydroxylation is 1. The van der Waals surface area contributed by atoms with Gasteiger partial charge in [-0.25, -0.2) is 9.37 Å². The summed E-state index contributed by atoms with van der Waals surface area (Å²) in [6.45, 7) is 2.76. The minimum atomic E-state index is -0.958. The van der Waals surface area contributed by atoms with E-state index in [0.29, 0.717) is 11.6 Å². The van der Waals surface area contributed by atoms with Gasteiger partial charge in [0.2, 0.25) is 0 Å². The summed E-state index contributed by atoms with van der Waals surface area (Å²) in [6.07, 6.45) is 1.63. The lowest BCUT2D eigenvalue weighted by molar-refractivity contribution is 0.169. The molecule has 5 nitrogen and oxygen atoms in total. The molecule has 1 unspecified atom stereocenters. The van der Waals surface area contributed by atoms with Gasteiger partial charge < -0.3 is 9.84 Å². The topological polar surface area (TPSA) is 60.2 Å². The Morgan fingerprint density at radius 3 is 2.90 bits per heavy atom. The van der Waals surface area contributed by atoms with Crippen LogP contribution in [0.3, 0.4) is 0 Å². The van der Waals surface area contributed by atoms with Crippen LogP contribution in [0.15, 0.2) is 24.5 Å². The van der Waals surface area contributed by atoms with Crippen LogP contribution in [-0.4, -0.2) is 27.0 Å². The first kappa shape index (κ1) is 14.5. The van der Waals surface area contributed by atoms with Crippen molar-refractivity contribution in [3.63, 3.8) is 0 Å². The average molecular weight is 279 g/mol. The minimum absolute atomic E-state index is 0.225. The number of benzene rings is 1. The predicted octanol–water partition coefficient (Wildman–Crippen LogP) is 2.11. The quantitative estimate of drug-likeness (QED) is 0.879. The zero-order valence-electron chi connectivity index (χ0n) is 11.6. The second-order valence-electron chi connectivity index (χ2n) is 4.51. The van der Waals surface area contributed by atoms with E-state index < -0.39 is 11.9 Å². The molecule has 0 saturated carbocycles. The van der Waals surface area contributed by atoms with Gasteiger partial charge in [0.15, 0.2) is 0 Å². The Balaban J connectivity index is 2.15. The molecule has 0 saturated heterocycles. The number of hydrogen-bond donors (Lipinski definition) is 1. The van der Waals surface area contributed by atoms with E-state index in [1.807, 2.05) is 6.92 Å². The molecule has 0 aliphatic rings. The van der Waals surface area contributed by atoms with Crippen LogP contribution >= 0.6 is 0 Å². The lowest BCUT2D eigenvalue weighted by Gasteiger charge is -2.13. The van der Waals surface area contributed by atoms with E-state index in [2.05, 4.69) is 10.1 Å². The van der Waals surface area contributed by atoms with Gasteiger partial charge in [-0.15, -0.1) is 0 Å². The molecular weight excluding hydrogens is 261 g/mol. The fourth-order valence-corrected chi connectivity index (χ4v) is 2.03. The van der Waals surface area contributed by atoms with Crippen molar-refractivity contribution >= 4 is 0 Å². The molecule has 0 aliphatic heterocycles. The molecule has 0 radical (unpaired) electrons. The molecule has 6 heteroatoms. The van der Waals surface area contributed by atoms with Gasteiger partial charge in [-0.1, -0.05) is 6.92 Å². The molecule has 1 aromatic heterocycles. The van der Waals surface area contributed by atoms with Crippen molar-refractivity contribution < 1.29 is 14.2 Å². The van der Waals surface area contributed by atoms with E-state index in [1.54, 1.807) is 10.7 Å². The van der Waals surface area contributed by atoms with Gasteiger partial charge in [-0.05, 0) is 18.6 Å². The van der Waals surface area contributed by atoms with Crippen LogP contribution in [0.1, 0.15) is 30.8 Å². The van der Waals surface area contributed by atoms with Crippen molar-refractivity contribution in [2.45, 2.75) is 32.4 Å². The third kappa shape index (κ3) is 3.14. The van der Waals surface area contributed by atoms with Gasteiger partial charge in [-0.3, -0.25) is 4.68 Å². The third-order valence-electron chi connectivity index (χ3n) is 3.07. The normalized spacial score (nSPS) is 12.4. The Labute approximate surface area is 117 Å². The van der Waals surface area contributed by atoms with Crippen LogP contribution in [0.4, 0.5) is 4.39 Å². The van der Waals surface area contributed by atoms with Crippen LogP contribution in [0, 0.1) is 5.82 Å². The summed E-state index contributed by atoms with van der Waals surface area (Å²) in [5.74, 6) is 0.584. The smallest absolute Gasteiger partial charge is 0.138 e. The van der Waals surface area contributed by atoms with Crippen molar-refractivity contribution in [2.75, 3.05) is 7.11 Å². The summed E-state index contributed by atoms with van der Waals surface area (Å²) in [5, 5.41) is 14.3. The number of halogens is 1. The highest BCUT2D eigenvalue weighted by molar-refractivity contribution is 5.30. The summed E-state index contributed by atoms with van der Waals surface area (Å²) in [5.41, 5.74) is 0.233. The van der Waals surface area contributed by atoms with Crippen LogP contribution < -0.4 is 4.74 Å². The largest absolute Gasteiger partial charge is 0.497 e. The second kappa shape index (κ2) is 6.47. The van der Waals surface area contributed by atoms with E-state index >= 15 is 0 Å². The zero-order valence-corrected chi connectivity index (χ0v) is 11.6. The molecule has 2 rings (SSSR count). The highest BCUT2D eigenvalue weighted by Gasteiger charge is 2.17. The summed E-state index contributed by atoms with van der Waals surface area (Å²) in [7, 11) is 1.47. The van der Waals surface area contributed by atoms with Crippen LogP contribution in [-0.2, 0) is 13.0 Å². The van der Waals surface area contributed by atoms with Crippen molar-refractivity contribution in [2.24, 2.45) is 0 Å². The molecule has 1 heterocycles. The molecule has 1 N–H and O–H groups in total. The summed E-state index contributed by atoms with van der Waals surface area (Å²) < 4.78 is 20.5. The summed E-state index contributed by atoms with van der Waals surface area (Å²) >= 11 is 0. The molecule has 1 aromatic carbocycles. The van der Waals surface area contributed by atoms with Crippen molar-refractivity contribution in [3.8, 4) is 5.75 Å². The maximum Gasteiger partial charge on any atom is 0.138 e. The van der Waals surface area contributed by atoms with Crippen LogP contribution in [0.25, 0.3) is 0 Å². The number of aromatic nitrogens is 3. The molecule has 0 bridgehead atoms. The van der Waals surface area contributed by atoms with E-state index in [-0.39, 0.29) is 12.0 Å². The van der Waals surface area contributed by atoms with E-state index in [4.69, 9.17) is 4.74 Å². The molecule has 1 atom stereocenters. The standard InChI is InChI=1S/C14H18FN3O2/c1-3-6-18-14(16-9-17-18)8-13(19)11-5-4-10(20-2)7-12(11)15/h4-5,7,9,13,19H,3,6,8H2,1-2H3. The highest BCUT2D eigenvalue weighted by Crippen LogP contribution is 2.24. The molecule has 0 spiro atoms. The van der Waals surface area contributed by atoms with Gasteiger partial charge >= 0.3 is 0 Å². The molecule has 2 aromatic rings. The third-order valence-corrected chi connectivity index (χ3v) is 3.07. The highest BCUT2D eigenvalue weighted by atomic mass is 19.1. The number of methoxy groups -OCH3 is 1. The number of rotatable bonds is 6. The molecule has 108 valence electrons. The number of aliphatic hydroxyl groups is 1. The van der Waals surface area contributed by atoms with Crippen LogP contribution in [0.2, 0.25) is 0 Å². The van der Waals surface area contributed by atoms with Gasteiger partial charge in [0, 0.05) is 24.6 Å². The van der Waals surface area contributed by atoms with Gasteiger partial charge in [-0.2, -0.15) is 5.10 Å². The fraction of sp³-hybridized carbons (Fsp3) is 0.429. The average Bonchev–Trinajstić information content (AvgIpc) is 2.86. The Morgan fingerprint density at radius 2 is 2.25 bits per heavy atom. The monoisotopic (exact) mass is 279 g/mol. The number of hydrogen-bond acceptors (Lipinski definition) is 4. The molecule has 0 amide bonds. The van der Waals surface area contributed by atoms with Gasteiger partial charge in [0.1, 0.15) is 23.7 Å². The Morgan fingerprint density at radius 1 is 1.45 bits per heavy atom. The SMILES string of the molecule is CCCn1ncnc1CC(O)c1ccc(OC)cc1F. The molecule has 0 aliphatic carbocycles. The van der Waals surface area contributed by atoms with Gasteiger partial charge in [0.25, 0.3) is 0 Å². The summed E-state index contributed by atoms with van der Waals surface area (Å²) in [6, 6.07) is 4.41. The lowest BCUT2D eigenvalue weighted by Crippen LogP contribution is -2.11. The van der Waals surface area contributed by atoms with Crippen molar-refractivity contribution in [3.05, 3.63) is 41.7 Å². The number of aliphatic hydroxyl groups excluding tert-OH is 1. The van der Waals surface area contributed by atoms with Crippen molar-refractivity contribution in [1.29, 1.82) is 0 Å². The van der Waals surface area contributed by atoms with Crippen LogP contribution in [0.5, 0.6) is 5.75 Å². The molecule has 0 fully saturated rings. The molecular formula is C14H18FN3O2. The minimum Gasteiger partial charge on any atom is -0.497 e. The first-order valence-corrected chi connectivity index (χ1v) is 6.54. The Kier molecular flexibility index (Phi) is 4.68. The first-order valence-electron chi connectivity index (χ1n) is 6.54. The summed E-state index contributed by atoms with van der Waals surface area (Å²) in [4.78, 5) is 4.11. The fourth-order valence-electron chi connectivity index (χ4n) is 2.03. The molecule has 20 heavy (non-hydrogen) atoms. The predicted molar refractivity (Wildman–Crippen MR) is 71.9 cm³/mol. The number of nitrogens with zero attached hydrogens (tertiary/aromatic N) is 3. The Hall–Kier alpha value is -1.95. The maximum absolute atomic E-state index is 13.9. The van der Waals surface area contributed by atoms with Crippen molar-refractivity contribution in [1.82, 2.24) is 14.8 Å². The maximum atomic E-state index is 13.9. The van der Waals surface area contributed by atoms with Gasteiger partial charge in [0.05, 0.1) is 13.2 Å². The van der Waals surface area contributed by atoms with E-state index in [9.17, 15) is 9.50 Å².